The van der Waals surface area contributed by atoms with Crippen molar-refractivity contribution >= 4 is 0 Å². The van der Waals surface area contributed by atoms with Gasteiger partial charge in [0, 0.05) is 0 Å². The Morgan fingerprint density at radius 1 is 1.44 bits per heavy atom. The van der Waals surface area contributed by atoms with Crippen LogP contribution in [0.25, 0.3) is 0 Å². The van der Waals surface area contributed by atoms with E-state index in [-0.39, 0.29) is 11.9 Å². The molecule has 2 N–H and O–H groups in total. The number of hydrogen-bond acceptors (Lipinski definition) is 3. The average molecular weight is 220 g/mol. The standard InChI is InChI=1S/C11H13FN4/c1-7-3-4-8(5-9(7)12)10(13-2)11-14-6-15-16-11/h3-6,10,13H,1-2H3,(H,14,15,16). The second-order valence-corrected chi connectivity index (χ2v) is 3.60. The molecule has 0 radical (unpaired) electrons. The van der Waals surface area contributed by atoms with Crippen LogP contribution in [-0.4, -0.2) is 22.2 Å². The smallest absolute Gasteiger partial charge is 0.145 e. The molecule has 0 saturated carbocycles. The van der Waals surface area contributed by atoms with Crippen LogP contribution in [0, 0.1) is 12.7 Å². The quantitative estimate of drug-likeness (QED) is 0.825. The summed E-state index contributed by atoms with van der Waals surface area (Å²) in [5, 5.41) is 9.63. The maximum atomic E-state index is 13.4. The Kier molecular flexibility index (Phi) is 2.96. The molecule has 2 rings (SSSR count). The maximum absolute atomic E-state index is 13.4. The summed E-state index contributed by atoms with van der Waals surface area (Å²) < 4.78 is 13.4. The first-order chi connectivity index (χ1) is 7.72. The van der Waals surface area contributed by atoms with Crippen molar-refractivity contribution in [3.8, 4) is 0 Å². The van der Waals surface area contributed by atoms with Gasteiger partial charge in [0.1, 0.15) is 18.0 Å². The summed E-state index contributed by atoms with van der Waals surface area (Å²) in [7, 11) is 1.80. The largest absolute Gasteiger partial charge is 0.307 e. The first kappa shape index (κ1) is 10.8. The van der Waals surface area contributed by atoms with Crippen LogP contribution in [0.3, 0.4) is 0 Å². The molecule has 5 heteroatoms. The van der Waals surface area contributed by atoms with Gasteiger partial charge in [0.2, 0.25) is 0 Å². The highest BCUT2D eigenvalue weighted by Gasteiger charge is 2.15. The Morgan fingerprint density at radius 2 is 2.25 bits per heavy atom. The van der Waals surface area contributed by atoms with Crippen LogP contribution in [0.5, 0.6) is 0 Å². The molecule has 1 unspecified atom stereocenters. The minimum Gasteiger partial charge on any atom is -0.307 e. The molecule has 0 bridgehead atoms. The van der Waals surface area contributed by atoms with Crippen molar-refractivity contribution in [2.24, 2.45) is 0 Å². The molecule has 4 nitrogen and oxygen atoms in total. The molecule has 84 valence electrons. The highest BCUT2D eigenvalue weighted by atomic mass is 19.1. The van der Waals surface area contributed by atoms with Crippen molar-refractivity contribution in [3.63, 3.8) is 0 Å². The van der Waals surface area contributed by atoms with E-state index in [0.29, 0.717) is 11.4 Å². The van der Waals surface area contributed by atoms with Crippen LogP contribution in [0.1, 0.15) is 23.0 Å². The number of halogens is 1. The Balaban J connectivity index is 2.37. The number of nitrogens with zero attached hydrogens (tertiary/aromatic N) is 2. The van der Waals surface area contributed by atoms with Crippen molar-refractivity contribution < 1.29 is 4.39 Å². The molecule has 0 fully saturated rings. The summed E-state index contributed by atoms with van der Waals surface area (Å²) in [4.78, 5) is 4.06. The summed E-state index contributed by atoms with van der Waals surface area (Å²) in [6.45, 7) is 1.74. The van der Waals surface area contributed by atoms with Gasteiger partial charge in [-0.2, -0.15) is 5.10 Å². The van der Waals surface area contributed by atoms with Gasteiger partial charge in [-0.1, -0.05) is 12.1 Å². The third-order valence-electron chi connectivity index (χ3n) is 2.52. The van der Waals surface area contributed by atoms with Crippen molar-refractivity contribution in [1.82, 2.24) is 20.5 Å². The molecule has 0 spiro atoms. The average Bonchev–Trinajstić information content (AvgIpc) is 2.78. The predicted octanol–water partition coefficient (Wildman–Crippen LogP) is 1.56. The molecule has 0 aliphatic rings. The normalized spacial score (nSPS) is 12.7. The lowest BCUT2D eigenvalue weighted by Crippen LogP contribution is -2.19. The summed E-state index contributed by atoms with van der Waals surface area (Å²) in [6, 6.07) is 4.98. The highest BCUT2D eigenvalue weighted by Crippen LogP contribution is 2.20. The number of H-pyrrole nitrogens is 1. The van der Waals surface area contributed by atoms with Crippen LogP contribution in [0.15, 0.2) is 24.5 Å². The maximum Gasteiger partial charge on any atom is 0.145 e. The van der Waals surface area contributed by atoms with E-state index >= 15 is 0 Å². The van der Waals surface area contributed by atoms with E-state index in [0.717, 1.165) is 5.56 Å². The molecule has 0 aliphatic heterocycles. The van der Waals surface area contributed by atoms with Gasteiger partial charge >= 0.3 is 0 Å². The number of benzene rings is 1. The summed E-state index contributed by atoms with van der Waals surface area (Å²) in [5.41, 5.74) is 1.46. The highest BCUT2D eigenvalue weighted by molar-refractivity contribution is 5.29. The lowest BCUT2D eigenvalue weighted by molar-refractivity contribution is 0.602. The topological polar surface area (TPSA) is 53.6 Å². The lowest BCUT2D eigenvalue weighted by atomic mass is 10.0. The molecule has 1 aromatic carbocycles. The summed E-state index contributed by atoms with van der Waals surface area (Å²) >= 11 is 0. The van der Waals surface area contributed by atoms with E-state index in [4.69, 9.17) is 0 Å². The molecule has 2 aromatic rings. The third kappa shape index (κ3) is 1.94. The zero-order valence-electron chi connectivity index (χ0n) is 9.16. The zero-order valence-corrected chi connectivity index (χ0v) is 9.16. The number of aryl methyl sites for hydroxylation is 1. The Bertz CT molecular complexity index is 467. The van der Waals surface area contributed by atoms with Crippen LogP contribution in [0.2, 0.25) is 0 Å². The minimum atomic E-state index is -0.211. The first-order valence-electron chi connectivity index (χ1n) is 5.01. The minimum absolute atomic E-state index is 0.169. The van der Waals surface area contributed by atoms with Gasteiger partial charge in [-0.05, 0) is 31.2 Å². The van der Waals surface area contributed by atoms with Crippen molar-refractivity contribution in [2.75, 3.05) is 7.05 Å². The van der Waals surface area contributed by atoms with Gasteiger partial charge in [0.05, 0.1) is 6.04 Å². The summed E-state index contributed by atoms with van der Waals surface area (Å²) in [6.07, 6.45) is 1.43. The number of aromatic amines is 1. The van der Waals surface area contributed by atoms with Crippen molar-refractivity contribution in [2.45, 2.75) is 13.0 Å². The molecule has 0 amide bonds. The van der Waals surface area contributed by atoms with Crippen molar-refractivity contribution in [1.29, 1.82) is 0 Å². The van der Waals surface area contributed by atoms with Gasteiger partial charge in [0.25, 0.3) is 0 Å². The Morgan fingerprint density at radius 3 is 2.81 bits per heavy atom. The van der Waals surface area contributed by atoms with Gasteiger partial charge in [0.15, 0.2) is 0 Å². The number of nitrogens with one attached hydrogen (secondary N) is 2. The molecule has 1 aromatic heterocycles. The van der Waals surface area contributed by atoms with Crippen LogP contribution in [0.4, 0.5) is 4.39 Å². The van der Waals surface area contributed by atoms with Gasteiger partial charge < -0.3 is 5.32 Å². The SMILES string of the molecule is CNC(c1ccc(C)c(F)c1)c1ncn[nH]1. The number of aromatic nitrogens is 3. The fraction of sp³-hybridized carbons (Fsp3) is 0.273. The van der Waals surface area contributed by atoms with E-state index in [1.807, 2.05) is 6.07 Å². The van der Waals surface area contributed by atoms with E-state index in [9.17, 15) is 4.39 Å². The second kappa shape index (κ2) is 4.40. The monoisotopic (exact) mass is 220 g/mol. The second-order valence-electron chi connectivity index (χ2n) is 3.60. The molecular formula is C11H13FN4. The fourth-order valence-electron chi connectivity index (χ4n) is 1.60. The Hall–Kier alpha value is -1.75. The molecule has 1 atom stereocenters. The molecule has 16 heavy (non-hydrogen) atoms. The lowest BCUT2D eigenvalue weighted by Gasteiger charge is -2.14. The van der Waals surface area contributed by atoms with E-state index < -0.39 is 0 Å². The zero-order chi connectivity index (χ0) is 11.5. The van der Waals surface area contributed by atoms with Crippen LogP contribution in [-0.2, 0) is 0 Å². The molecule has 0 saturated heterocycles. The van der Waals surface area contributed by atoms with E-state index in [1.165, 1.54) is 12.4 Å². The van der Waals surface area contributed by atoms with Crippen molar-refractivity contribution in [3.05, 3.63) is 47.3 Å². The summed E-state index contributed by atoms with van der Waals surface area (Å²) in [5.74, 6) is 0.461. The van der Waals surface area contributed by atoms with Gasteiger partial charge in [-0.25, -0.2) is 9.37 Å². The predicted molar refractivity (Wildman–Crippen MR) is 58.4 cm³/mol. The number of hydrogen-bond donors (Lipinski definition) is 2. The van der Waals surface area contributed by atoms with Crippen LogP contribution >= 0.6 is 0 Å². The van der Waals surface area contributed by atoms with E-state index in [1.54, 1.807) is 20.0 Å². The van der Waals surface area contributed by atoms with Gasteiger partial charge in [-0.15, -0.1) is 0 Å². The third-order valence-corrected chi connectivity index (χ3v) is 2.52. The fourth-order valence-corrected chi connectivity index (χ4v) is 1.60. The first-order valence-corrected chi connectivity index (χ1v) is 5.01. The van der Waals surface area contributed by atoms with Crippen LogP contribution < -0.4 is 5.32 Å². The Labute approximate surface area is 92.9 Å². The molecule has 0 aliphatic carbocycles. The molecular weight excluding hydrogens is 207 g/mol. The van der Waals surface area contributed by atoms with E-state index in [2.05, 4.69) is 20.5 Å². The van der Waals surface area contributed by atoms with Gasteiger partial charge in [-0.3, -0.25) is 5.10 Å². The number of rotatable bonds is 3. The molecule has 1 heterocycles.